The number of hydrogen-bond acceptors (Lipinski definition) is 3. The minimum absolute atomic E-state index is 0.204. The van der Waals surface area contributed by atoms with E-state index in [-0.39, 0.29) is 11.8 Å². The van der Waals surface area contributed by atoms with Crippen molar-refractivity contribution in [1.29, 1.82) is 0 Å². The smallest absolute Gasteiger partial charge is 0.411 e. The molecule has 0 heterocycles. The Morgan fingerprint density at radius 2 is 1.61 bits per heavy atom. The molecule has 0 saturated carbocycles. The van der Waals surface area contributed by atoms with Crippen LogP contribution in [-0.4, -0.2) is 18.6 Å². The van der Waals surface area contributed by atoms with E-state index in [1.807, 2.05) is 19.9 Å². The van der Waals surface area contributed by atoms with Crippen molar-refractivity contribution < 1.29 is 14.3 Å². The highest BCUT2D eigenvalue weighted by molar-refractivity contribution is 6.04. The van der Waals surface area contributed by atoms with E-state index in [9.17, 15) is 9.59 Å². The summed E-state index contributed by atoms with van der Waals surface area (Å²) in [4.78, 5) is 23.8. The highest BCUT2D eigenvalue weighted by Crippen LogP contribution is 2.16. The molecular formula is C18H20N2O3. The van der Waals surface area contributed by atoms with E-state index >= 15 is 0 Å². The number of carbonyl (C=O) groups is 2. The maximum absolute atomic E-state index is 12.1. The summed E-state index contributed by atoms with van der Waals surface area (Å²) < 4.78 is 5.06. The van der Waals surface area contributed by atoms with Crippen LogP contribution >= 0.6 is 0 Å². The van der Waals surface area contributed by atoms with Crippen LogP contribution in [0, 0.1) is 5.92 Å². The summed E-state index contributed by atoms with van der Waals surface area (Å²) in [6, 6.07) is 15.8. The second-order valence-electron chi connectivity index (χ2n) is 5.52. The molecule has 0 spiro atoms. The molecule has 2 aromatic carbocycles. The van der Waals surface area contributed by atoms with Crippen LogP contribution in [0.4, 0.5) is 16.2 Å². The van der Waals surface area contributed by atoms with Crippen LogP contribution < -0.4 is 10.6 Å². The van der Waals surface area contributed by atoms with Gasteiger partial charge in [0.1, 0.15) is 0 Å². The minimum atomic E-state index is -0.509. The third kappa shape index (κ3) is 5.47. The van der Waals surface area contributed by atoms with Crippen molar-refractivity contribution in [3.8, 4) is 0 Å². The summed E-state index contributed by atoms with van der Waals surface area (Å²) >= 11 is 0. The lowest BCUT2D eigenvalue weighted by atomic mass is 10.2. The normalized spacial score (nSPS) is 10.2. The first kappa shape index (κ1) is 16.5. The maximum Gasteiger partial charge on any atom is 0.411 e. The van der Waals surface area contributed by atoms with E-state index in [1.54, 1.807) is 48.5 Å². The molecule has 2 aromatic rings. The number of carbonyl (C=O) groups excluding carboxylic acids is 2. The molecule has 0 bridgehead atoms. The van der Waals surface area contributed by atoms with Crippen molar-refractivity contribution in [3.63, 3.8) is 0 Å². The second-order valence-corrected chi connectivity index (χ2v) is 5.52. The van der Waals surface area contributed by atoms with Gasteiger partial charge in [-0.25, -0.2) is 4.79 Å². The maximum atomic E-state index is 12.1. The number of rotatable bonds is 5. The molecule has 23 heavy (non-hydrogen) atoms. The van der Waals surface area contributed by atoms with Gasteiger partial charge >= 0.3 is 6.09 Å². The number of nitrogens with one attached hydrogen (secondary N) is 2. The lowest BCUT2D eigenvalue weighted by Crippen LogP contribution is -2.17. The van der Waals surface area contributed by atoms with E-state index in [0.29, 0.717) is 23.5 Å². The summed E-state index contributed by atoms with van der Waals surface area (Å²) in [6.45, 7) is 4.29. The number of anilines is 2. The third-order valence-corrected chi connectivity index (χ3v) is 2.95. The first-order valence-electron chi connectivity index (χ1n) is 7.45. The fourth-order valence-electron chi connectivity index (χ4n) is 1.86. The Balaban J connectivity index is 1.97. The molecule has 0 aliphatic carbocycles. The van der Waals surface area contributed by atoms with Gasteiger partial charge in [-0.1, -0.05) is 38.1 Å². The molecule has 2 rings (SSSR count). The summed E-state index contributed by atoms with van der Waals surface area (Å²) in [5, 5.41) is 5.43. The highest BCUT2D eigenvalue weighted by atomic mass is 16.5. The summed E-state index contributed by atoms with van der Waals surface area (Å²) in [5.74, 6) is 0.0716. The minimum Gasteiger partial charge on any atom is -0.449 e. The Kier molecular flexibility index (Phi) is 5.74. The third-order valence-electron chi connectivity index (χ3n) is 2.95. The number of amides is 2. The average Bonchev–Trinajstić information content (AvgIpc) is 2.54. The number of hydrogen-bond donors (Lipinski definition) is 2. The molecule has 5 nitrogen and oxygen atoms in total. The molecular weight excluding hydrogens is 292 g/mol. The van der Waals surface area contributed by atoms with Crippen LogP contribution in [0.25, 0.3) is 0 Å². The zero-order chi connectivity index (χ0) is 16.7. The van der Waals surface area contributed by atoms with Gasteiger partial charge in [0.2, 0.25) is 0 Å². The molecule has 2 N–H and O–H groups in total. The largest absolute Gasteiger partial charge is 0.449 e. The Morgan fingerprint density at radius 3 is 2.26 bits per heavy atom. The SMILES string of the molecule is CC(C)COC(=O)Nc1cccc(NC(=O)c2ccccc2)c1. The molecule has 120 valence electrons. The van der Waals surface area contributed by atoms with Gasteiger partial charge in [0, 0.05) is 16.9 Å². The van der Waals surface area contributed by atoms with Gasteiger partial charge in [0.15, 0.2) is 0 Å². The van der Waals surface area contributed by atoms with E-state index in [0.717, 1.165) is 0 Å². The molecule has 0 atom stereocenters. The van der Waals surface area contributed by atoms with Gasteiger partial charge in [0.05, 0.1) is 6.61 Å². The lowest BCUT2D eigenvalue weighted by Gasteiger charge is -2.10. The predicted octanol–water partition coefficient (Wildman–Crippen LogP) is 4.14. The highest BCUT2D eigenvalue weighted by Gasteiger charge is 2.08. The first-order chi connectivity index (χ1) is 11.0. The molecule has 0 radical (unpaired) electrons. The van der Waals surface area contributed by atoms with Gasteiger partial charge in [-0.2, -0.15) is 0 Å². The Labute approximate surface area is 135 Å². The molecule has 0 aliphatic heterocycles. The number of benzene rings is 2. The summed E-state index contributed by atoms with van der Waals surface area (Å²) in [6.07, 6.45) is -0.509. The van der Waals surface area contributed by atoms with Gasteiger partial charge < -0.3 is 10.1 Å². The molecule has 0 unspecified atom stereocenters. The van der Waals surface area contributed by atoms with E-state index < -0.39 is 6.09 Å². The molecule has 0 fully saturated rings. The molecule has 0 saturated heterocycles. The molecule has 0 aromatic heterocycles. The Hall–Kier alpha value is -2.82. The van der Waals surface area contributed by atoms with Crippen molar-refractivity contribution in [3.05, 3.63) is 60.2 Å². The Bertz CT molecular complexity index is 669. The zero-order valence-corrected chi connectivity index (χ0v) is 13.2. The van der Waals surface area contributed by atoms with Crippen LogP contribution in [0.5, 0.6) is 0 Å². The topological polar surface area (TPSA) is 67.4 Å². The average molecular weight is 312 g/mol. The van der Waals surface area contributed by atoms with Crippen LogP contribution in [0.15, 0.2) is 54.6 Å². The fourth-order valence-corrected chi connectivity index (χ4v) is 1.86. The zero-order valence-electron chi connectivity index (χ0n) is 13.2. The van der Waals surface area contributed by atoms with Gasteiger partial charge in [-0.15, -0.1) is 0 Å². The standard InChI is InChI=1S/C18H20N2O3/c1-13(2)12-23-18(22)20-16-10-6-9-15(11-16)19-17(21)14-7-4-3-5-8-14/h3-11,13H,12H2,1-2H3,(H,19,21)(H,20,22). The van der Waals surface area contributed by atoms with Crippen molar-refractivity contribution in [1.82, 2.24) is 0 Å². The molecule has 0 aliphatic rings. The molecule has 5 heteroatoms. The fraction of sp³-hybridized carbons (Fsp3) is 0.222. The van der Waals surface area contributed by atoms with Crippen molar-refractivity contribution in [2.24, 2.45) is 5.92 Å². The quantitative estimate of drug-likeness (QED) is 0.871. The van der Waals surface area contributed by atoms with Crippen molar-refractivity contribution >= 4 is 23.4 Å². The lowest BCUT2D eigenvalue weighted by molar-refractivity contribution is 0.102. The van der Waals surface area contributed by atoms with Gasteiger partial charge in [0.25, 0.3) is 5.91 Å². The van der Waals surface area contributed by atoms with Crippen LogP contribution in [0.2, 0.25) is 0 Å². The molecule has 2 amide bonds. The Morgan fingerprint density at radius 1 is 0.957 bits per heavy atom. The van der Waals surface area contributed by atoms with Crippen molar-refractivity contribution in [2.75, 3.05) is 17.2 Å². The predicted molar refractivity (Wildman–Crippen MR) is 90.6 cm³/mol. The van der Waals surface area contributed by atoms with E-state index in [4.69, 9.17) is 4.74 Å². The second kappa shape index (κ2) is 7.98. The number of ether oxygens (including phenoxy) is 1. The summed E-state index contributed by atoms with van der Waals surface area (Å²) in [7, 11) is 0. The van der Waals surface area contributed by atoms with Crippen LogP contribution in [0.3, 0.4) is 0 Å². The van der Waals surface area contributed by atoms with E-state index in [2.05, 4.69) is 10.6 Å². The van der Waals surface area contributed by atoms with Gasteiger partial charge in [-0.05, 0) is 36.2 Å². The van der Waals surface area contributed by atoms with Crippen LogP contribution in [-0.2, 0) is 4.74 Å². The summed E-state index contributed by atoms with van der Waals surface area (Å²) in [5.41, 5.74) is 1.73. The van der Waals surface area contributed by atoms with Crippen molar-refractivity contribution in [2.45, 2.75) is 13.8 Å². The van der Waals surface area contributed by atoms with Gasteiger partial charge in [-0.3, -0.25) is 10.1 Å². The first-order valence-corrected chi connectivity index (χ1v) is 7.45. The van der Waals surface area contributed by atoms with Crippen LogP contribution in [0.1, 0.15) is 24.2 Å². The van der Waals surface area contributed by atoms with E-state index in [1.165, 1.54) is 0 Å². The monoisotopic (exact) mass is 312 g/mol.